The second-order valence-electron chi connectivity index (χ2n) is 36.6. The lowest BCUT2D eigenvalue weighted by Crippen LogP contribution is -2.57. The SMILES string of the molecule is CC(C)C[C@H]1CNC[C@@H](c2ccc(Cl)cc2)N1c1ccc(Cl)cc1.COc1cc(Cc2ncc3c(n2)-c2ccc(Cl)cc2C(c2c(F)cccc2OC)=NC3)ccc1C(=O)N1CCN(C(=O)CC(=O)N2C[C@H](CC(C)C)N(c3ccc(Cl)cc3)[C@H](c3ccc(Cl)cc3)C2)CC1.COc1cc(Cc2ncc3c(n2)-c2ccc(Cl)cc2C(c2c(F)cccc2OC)=NC3)ccc1C(=O)N1CCN(C(=O)CC(=O)O)CC1. The van der Waals surface area contributed by atoms with E-state index in [0.717, 1.165) is 80.6 Å². The second-order valence-corrected chi connectivity index (χ2v) is 39.2. The number of piperazine rings is 4. The minimum Gasteiger partial charge on any atom is -0.496 e. The normalized spacial score (nSPS) is 16.6. The quantitative estimate of drug-likeness (QED) is 0.0532. The highest BCUT2D eigenvalue weighted by molar-refractivity contribution is 6.33. The Labute approximate surface area is 859 Å². The van der Waals surface area contributed by atoms with E-state index in [1.807, 2.05) is 108 Å². The maximum absolute atomic E-state index is 15.4. The fourth-order valence-corrected chi connectivity index (χ4v) is 20.2. The van der Waals surface area contributed by atoms with E-state index in [9.17, 15) is 28.8 Å². The minimum atomic E-state index is -1.18. The Kier molecular flexibility index (Phi) is 33.4. The summed E-state index contributed by atoms with van der Waals surface area (Å²) in [5, 5.41) is 16.3. The minimum absolute atomic E-state index is 0.0184. The molecule has 0 saturated carbocycles. The molecule has 2 aromatic heterocycles. The predicted molar refractivity (Wildman–Crippen MR) is 555 cm³/mol. The van der Waals surface area contributed by atoms with Crippen LogP contribution in [0.2, 0.25) is 30.1 Å². The molecule has 143 heavy (non-hydrogen) atoms. The number of hydrogen-bond acceptors (Lipinski definition) is 19. The molecular weight excluding hydrogens is 1940 g/mol. The van der Waals surface area contributed by atoms with E-state index in [0.29, 0.717) is 163 Å². The summed E-state index contributed by atoms with van der Waals surface area (Å²) in [5.74, 6) is -0.0440. The largest absolute Gasteiger partial charge is 0.496 e. The number of carbonyl (C=O) groups is 6. The number of hydrogen-bond donors (Lipinski definition) is 2. The fourth-order valence-electron chi connectivity index (χ4n) is 19.4. The van der Waals surface area contributed by atoms with Gasteiger partial charge in [-0.2, -0.15) is 0 Å². The summed E-state index contributed by atoms with van der Waals surface area (Å²) < 4.78 is 53.0. The average Bonchev–Trinajstić information content (AvgIpc) is 1.67. The van der Waals surface area contributed by atoms with Crippen molar-refractivity contribution < 1.29 is 61.6 Å². The van der Waals surface area contributed by atoms with Gasteiger partial charge in [0.25, 0.3) is 11.8 Å². The lowest BCUT2D eigenvalue weighted by atomic mass is 9.92. The summed E-state index contributed by atoms with van der Waals surface area (Å²) in [6, 6.07) is 63.2. The van der Waals surface area contributed by atoms with Crippen molar-refractivity contribution in [3.05, 3.63) is 339 Å². The summed E-state index contributed by atoms with van der Waals surface area (Å²) in [6.07, 6.45) is 5.26. The number of carbonyl (C=O) groups excluding carboxylic acids is 5. The molecule has 5 amide bonds. The van der Waals surface area contributed by atoms with Crippen molar-refractivity contribution in [2.75, 3.05) is 117 Å². The number of anilines is 2. The first-order valence-corrected chi connectivity index (χ1v) is 49.6. The number of carboxylic acid groups (broad SMARTS) is 1. The van der Waals surface area contributed by atoms with Gasteiger partial charge < -0.3 is 63.7 Å². The van der Waals surface area contributed by atoms with Gasteiger partial charge in [-0.05, 0) is 193 Å². The molecule has 10 aromatic carbocycles. The van der Waals surface area contributed by atoms with E-state index in [4.69, 9.17) is 114 Å². The van der Waals surface area contributed by atoms with Crippen LogP contribution in [0.1, 0.15) is 153 Å². The summed E-state index contributed by atoms with van der Waals surface area (Å²) >= 11 is 37.7. The molecule has 0 aliphatic carbocycles. The van der Waals surface area contributed by atoms with Crippen molar-refractivity contribution in [1.29, 1.82) is 0 Å². The average molecular weight is 2050 g/mol. The molecule has 33 heteroatoms. The van der Waals surface area contributed by atoms with Gasteiger partial charge in [0.2, 0.25) is 17.7 Å². The van der Waals surface area contributed by atoms with Gasteiger partial charge in [0.05, 0.1) is 98.7 Å². The van der Waals surface area contributed by atoms with Gasteiger partial charge in [-0.3, -0.25) is 38.8 Å². The molecule has 8 heterocycles. The Morgan fingerprint density at radius 3 is 1.22 bits per heavy atom. The summed E-state index contributed by atoms with van der Waals surface area (Å²) in [7, 11) is 5.98. The summed E-state index contributed by atoms with van der Waals surface area (Å²) in [4.78, 5) is 120. The molecule has 0 unspecified atom stereocenters. The number of amides is 5. The van der Waals surface area contributed by atoms with Gasteiger partial charge in [-0.15, -0.1) is 0 Å². The van der Waals surface area contributed by atoms with Crippen molar-refractivity contribution in [1.82, 2.24) is 49.8 Å². The lowest BCUT2D eigenvalue weighted by Gasteiger charge is -2.49. The summed E-state index contributed by atoms with van der Waals surface area (Å²) in [5.41, 5.74) is 13.7. The Morgan fingerprint density at radius 1 is 0.413 bits per heavy atom. The predicted octanol–water partition coefficient (Wildman–Crippen LogP) is 20.6. The van der Waals surface area contributed by atoms with Crippen LogP contribution in [0.5, 0.6) is 23.0 Å². The van der Waals surface area contributed by atoms with Crippen LogP contribution in [-0.4, -0.2) is 216 Å². The molecule has 12 aromatic rings. The zero-order valence-electron chi connectivity index (χ0n) is 80.3. The smallest absolute Gasteiger partial charge is 0.312 e. The van der Waals surface area contributed by atoms with E-state index < -0.39 is 29.9 Å². The Bertz CT molecular complexity index is 6770. The van der Waals surface area contributed by atoms with Crippen molar-refractivity contribution in [3.63, 3.8) is 0 Å². The van der Waals surface area contributed by atoms with Crippen molar-refractivity contribution >= 4 is 128 Å². The van der Waals surface area contributed by atoms with Crippen LogP contribution in [0.4, 0.5) is 20.2 Å². The van der Waals surface area contributed by atoms with Crippen molar-refractivity contribution in [3.8, 4) is 45.5 Å². The monoisotopic (exact) mass is 2050 g/mol. The molecule has 2 N–H and O–H groups in total. The van der Waals surface area contributed by atoms with Gasteiger partial charge >= 0.3 is 5.97 Å². The molecule has 4 fully saturated rings. The molecule has 6 aliphatic rings. The second kappa shape index (κ2) is 46.5. The number of nitrogens with zero attached hydrogens (tertiary/aromatic N) is 13. The number of aliphatic carboxylic acids is 1. The van der Waals surface area contributed by atoms with Crippen molar-refractivity contribution in [2.45, 2.75) is 103 Å². The van der Waals surface area contributed by atoms with E-state index >= 15 is 8.78 Å². The third-order valence-electron chi connectivity index (χ3n) is 26.3. The number of nitrogens with one attached hydrogen (secondary N) is 1. The van der Waals surface area contributed by atoms with Crippen LogP contribution < -0.4 is 34.1 Å². The number of carboxylic acids is 1. The number of aliphatic imine (C=N–C) groups is 2. The zero-order valence-corrected chi connectivity index (χ0v) is 84.8. The highest BCUT2D eigenvalue weighted by atomic mass is 35.5. The maximum atomic E-state index is 15.4. The van der Waals surface area contributed by atoms with Gasteiger partial charge in [-0.25, -0.2) is 28.7 Å². The lowest BCUT2D eigenvalue weighted by molar-refractivity contribution is -0.145. The Morgan fingerprint density at radius 2 is 0.797 bits per heavy atom. The molecule has 740 valence electrons. The molecule has 4 atom stereocenters. The van der Waals surface area contributed by atoms with Crippen LogP contribution in [0.3, 0.4) is 0 Å². The number of fused-ring (bicyclic) bond motifs is 6. The van der Waals surface area contributed by atoms with E-state index in [2.05, 4.69) is 77.0 Å². The molecule has 25 nitrogen and oxygen atoms in total. The number of rotatable bonds is 24. The number of aromatic nitrogens is 4. The Hall–Kier alpha value is -13.1. The first-order chi connectivity index (χ1) is 69.0. The van der Waals surface area contributed by atoms with Crippen molar-refractivity contribution in [2.24, 2.45) is 21.8 Å². The first kappa shape index (κ1) is 103. The van der Waals surface area contributed by atoms with Gasteiger partial charge in [0, 0.05) is 191 Å². The molecule has 0 bridgehead atoms. The molecule has 0 radical (unpaired) electrons. The van der Waals surface area contributed by atoms with E-state index in [1.54, 1.807) is 93.8 Å². The molecule has 4 saturated heterocycles. The van der Waals surface area contributed by atoms with Crippen LogP contribution in [0, 0.1) is 23.5 Å². The molecule has 0 spiro atoms. The molecule has 18 rings (SSSR count). The fraction of sp³-hybridized carbons (Fsp3) is 0.309. The zero-order chi connectivity index (χ0) is 101. The highest BCUT2D eigenvalue weighted by Gasteiger charge is 2.41. The maximum Gasteiger partial charge on any atom is 0.312 e. The van der Waals surface area contributed by atoms with Crippen LogP contribution in [0.15, 0.2) is 229 Å². The highest BCUT2D eigenvalue weighted by Crippen LogP contribution is 2.43. The number of ether oxygens (including phenoxy) is 4. The van der Waals surface area contributed by atoms with Gasteiger partial charge in [0.15, 0.2) is 0 Å². The molecule has 6 aliphatic heterocycles. The topological polar surface area (TPSA) is 271 Å². The third kappa shape index (κ3) is 24.2. The van der Waals surface area contributed by atoms with E-state index in [-0.39, 0.29) is 106 Å². The van der Waals surface area contributed by atoms with Gasteiger partial charge in [-0.1, -0.05) is 158 Å². The summed E-state index contributed by atoms with van der Waals surface area (Å²) in [6.45, 7) is 14.3. The van der Waals surface area contributed by atoms with E-state index in [1.165, 1.54) is 56.7 Å². The first-order valence-electron chi connectivity index (χ1n) is 47.3. The number of benzene rings is 10. The van der Waals surface area contributed by atoms with Crippen LogP contribution in [0.25, 0.3) is 22.5 Å². The number of halogens is 8. The third-order valence-corrected chi connectivity index (χ3v) is 27.7. The Balaban J connectivity index is 0.000000174. The standard InChI is InChI=1S/C55H53Cl3FN7O5.C35H31ClFN5O6.C20H24Cl2N2/c1-33(2)24-41-31-65(32-46(35-9-11-37(56)12-10-35)66(41)40-16-13-38(57)14-17-40)51(68)28-50(67)63-20-22-64(23-21-63)55(69)43-18-8-34(25-48(43)71-4)26-49-60-29-36-30-61-54(52-45(59)6-5-7-47(52)70-3)44-27-39(58)15-19-42(44)53(36)62-49;1-47-27-5-3-4-26(37)32(27)34-25-16-22(36)7-9-23(25)33-21(19-39-34)18-38-29(40-33)15-20-6-8-24(28(14-20)48-2)35(46)42-12-10-41(11-13-42)30(43)17-31(44)45;1-14(2)11-19-12-23-13-20(15-3-5-16(21)6-4-15)24(19)18-9-7-17(22)8-10-18/h5-19,25,27,29,33,41,46H,20-24,26,28,30-32H2,1-4H3;3-9,14,16,18H,10-13,15,17,19H2,1-2H3,(H,44,45);3-10,14,19-20,23H,11-13H2,1-2H3/t41-,46-;;19-,20-/m0.0/s1. The van der Waals surface area contributed by atoms with Crippen LogP contribution in [-0.2, 0) is 45.1 Å². The van der Waals surface area contributed by atoms with Gasteiger partial charge in [0.1, 0.15) is 59.1 Å². The number of methoxy groups -OCH3 is 4. The molecular formula is C110H108Cl6F2N14O11. The van der Waals surface area contributed by atoms with Crippen LogP contribution >= 0.6 is 69.6 Å².